The third-order valence-corrected chi connectivity index (χ3v) is 8.09. The zero-order valence-corrected chi connectivity index (χ0v) is 21.1. The number of carbonyl (C=O) groups excluding carboxylic acids is 1. The maximum atomic E-state index is 15.0. The summed E-state index contributed by atoms with van der Waals surface area (Å²) in [6, 6.07) is 5.38. The van der Waals surface area contributed by atoms with Crippen molar-refractivity contribution in [3.63, 3.8) is 0 Å². The van der Waals surface area contributed by atoms with Gasteiger partial charge >= 0.3 is 6.18 Å². The minimum absolute atomic E-state index is 0.00497. The Hall–Kier alpha value is -3.95. The number of fused-ring (bicyclic) bond motifs is 2. The van der Waals surface area contributed by atoms with Crippen molar-refractivity contribution < 1.29 is 27.1 Å². The highest BCUT2D eigenvalue weighted by Crippen LogP contribution is 2.46. The first-order chi connectivity index (χ1) is 18.7. The fourth-order valence-corrected chi connectivity index (χ4v) is 6.06. The fourth-order valence-electron chi connectivity index (χ4n) is 6.06. The molecule has 3 aromatic rings. The molecule has 6 rings (SSSR count). The molecule has 39 heavy (non-hydrogen) atoms. The standard InChI is InChI=1S/C26H25F4N7O2/c1-39-19-5-4-17-22(21(19)27)32-11-15(10-31)23(17)35-7-6-16(18(12-35)14-2-3-14)24(38)36-8-9-37-20(13-36)33-34-25(37)26(28,29)30/h4-5,11,14,16,18H,2-3,6-9,12-13H2,1H3. The quantitative estimate of drug-likeness (QED) is 0.462. The Bertz CT molecular complexity index is 1490. The Morgan fingerprint density at radius 3 is 2.64 bits per heavy atom. The predicted molar refractivity (Wildman–Crippen MR) is 130 cm³/mol. The van der Waals surface area contributed by atoms with Gasteiger partial charge in [-0.05, 0) is 43.2 Å². The van der Waals surface area contributed by atoms with Crippen molar-refractivity contribution in [2.24, 2.45) is 17.8 Å². The molecule has 3 aliphatic rings. The average Bonchev–Trinajstić information content (AvgIpc) is 3.69. The lowest BCUT2D eigenvalue weighted by atomic mass is 9.80. The molecule has 2 atom stereocenters. The van der Waals surface area contributed by atoms with Crippen molar-refractivity contribution in [1.82, 2.24) is 24.6 Å². The van der Waals surface area contributed by atoms with Gasteiger partial charge in [-0.1, -0.05) is 0 Å². The van der Waals surface area contributed by atoms with Gasteiger partial charge in [0.25, 0.3) is 0 Å². The lowest BCUT2D eigenvalue weighted by molar-refractivity contribution is -0.148. The number of aromatic nitrogens is 4. The molecule has 1 aromatic carbocycles. The molecule has 9 nitrogen and oxygen atoms in total. The monoisotopic (exact) mass is 543 g/mol. The maximum absolute atomic E-state index is 15.0. The van der Waals surface area contributed by atoms with Crippen molar-refractivity contribution in [3.05, 3.63) is 41.4 Å². The van der Waals surface area contributed by atoms with Crippen molar-refractivity contribution in [1.29, 1.82) is 5.26 Å². The number of halogens is 4. The molecule has 1 saturated carbocycles. The van der Waals surface area contributed by atoms with Crippen LogP contribution >= 0.6 is 0 Å². The molecule has 1 amide bonds. The Morgan fingerprint density at radius 1 is 1.15 bits per heavy atom. The molecule has 2 unspecified atom stereocenters. The van der Waals surface area contributed by atoms with Crippen LogP contribution < -0.4 is 9.64 Å². The summed E-state index contributed by atoms with van der Waals surface area (Å²) >= 11 is 0. The van der Waals surface area contributed by atoms with Crippen molar-refractivity contribution >= 4 is 22.5 Å². The summed E-state index contributed by atoms with van der Waals surface area (Å²) in [6.07, 6.45) is -0.763. The number of rotatable bonds is 4. The van der Waals surface area contributed by atoms with Crippen LogP contribution in [0.4, 0.5) is 23.2 Å². The van der Waals surface area contributed by atoms with E-state index in [0.717, 1.165) is 17.4 Å². The topological polar surface area (TPSA) is 100 Å². The van der Waals surface area contributed by atoms with Gasteiger partial charge in [-0.3, -0.25) is 9.78 Å². The van der Waals surface area contributed by atoms with Gasteiger partial charge in [0.1, 0.15) is 11.6 Å². The van der Waals surface area contributed by atoms with Crippen LogP contribution in [0, 0.1) is 34.9 Å². The van der Waals surface area contributed by atoms with Crippen LogP contribution in [0.5, 0.6) is 5.75 Å². The van der Waals surface area contributed by atoms with Gasteiger partial charge < -0.3 is 19.1 Å². The highest BCUT2D eigenvalue weighted by Gasteiger charge is 2.46. The van der Waals surface area contributed by atoms with Gasteiger partial charge in [-0.25, -0.2) is 4.39 Å². The number of piperidine rings is 1. The molecule has 2 aromatic heterocycles. The number of methoxy groups -OCH3 is 1. The Morgan fingerprint density at radius 2 is 1.95 bits per heavy atom. The summed E-state index contributed by atoms with van der Waals surface area (Å²) in [4.78, 5) is 21.5. The second kappa shape index (κ2) is 9.36. The Kier molecular flexibility index (Phi) is 6.08. The summed E-state index contributed by atoms with van der Waals surface area (Å²) in [6.45, 7) is 1.08. The molecule has 204 valence electrons. The molecule has 13 heteroatoms. The lowest BCUT2D eigenvalue weighted by Crippen LogP contribution is -2.50. The molecular weight excluding hydrogens is 518 g/mol. The normalized spacial score (nSPS) is 21.5. The summed E-state index contributed by atoms with van der Waals surface area (Å²) < 4.78 is 60.8. The molecule has 2 aliphatic heterocycles. The number of pyridine rings is 1. The highest BCUT2D eigenvalue weighted by molar-refractivity contribution is 5.95. The molecular formula is C26H25F4N7O2. The van der Waals surface area contributed by atoms with E-state index in [9.17, 15) is 23.2 Å². The van der Waals surface area contributed by atoms with E-state index in [-0.39, 0.29) is 54.5 Å². The molecule has 4 heterocycles. The van der Waals surface area contributed by atoms with E-state index in [1.54, 1.807) is 11.0 Å². The van der Waals surface area contributed by atoms with Crippen molar-refractivity contribution in [2.45, 2.75) is 38.5 Å². The summed E-state index contributed by atoms with van der Waals surface area (Å²) in [7, 11) is 1.37. The second-order valence-electron chi connectivity index (χ2n) is 10.3. The van der Waals surface area contributed by atoms with Crippen LogP contribution in [0.25, 0.3) is 10.9 Å². The van der Waals surface area contributed by atoms with E-state index in [1.807, 2.05) is 4.90 Å². The summed E-state index contributed by atoms with van der Waals surface area (Å²) in [5.74, 6) is -1.52. The SMILES string of the molecule is COc1ccc2c(N3CCC(C(=O)N4CCn5c(nnc5C(F)(F)F)C4)C(C4CC4)C3)c(C#N)cnc2c1F. The van der Waals surface area contributed by atoms with Gasteiger partial charge in [-0.2, -0.15) is 18.4 Å². The van der Waals surface area contributed by atoms with Crippen LogP contribution in [0.1, 0.15) is 36.5 Å². The van der Waals surface area contributed by atoms with E-state index >= 15 is 4.39 Å². The molecule has 0 bridgehead atoms. The predicted octanol–water partition coefficient (Wildman–Crippen LogP) is 3.76. The first-order valence-electron chi connectivity index (χ1n) is 12.8. The van der Waals surface area contributed by atoms with Crippen LogP contribution in [0.15, 0.2) is 18.3 Å². The second-order valence-corrected chi connectivity index (χ2v) is 10.3. The number of alkyl halides is 3. The van der Waals surface area contributed by atoms with Gasteiger partial charge in [0.2, 0.25) is 11.7 Å². The lowest BCUT2D eigenvalue weighted by Gasteiger charge is -2.42. The van der Waals surface area contributed by atoms with Crippen LogP contribution in [0.2, 0.25) is 0 Å². The van der Waals surface area contributed by atoms with Crippen LogP contribution in [0.3, 0.4) is 0 Å². The van der Waals surface area contributed by atoms with Gasteiger partial charge in [-0.15, -0.1) is 10.2 Å². The first kappa shape index (κ1) is 25.3. The first-order valence-corrected chi connectivity index (χ1v) is 12.8. The minimum atomic E-state index is -4.60. The van der Waals surface area contributed by atoms with Gasteiger partial charge in [0, 0.05) is 43.7 Å². The van der Waals surface area contributed by atoms with Crippen molar-refractivity contribution in [3.8, 4) is 11.8 Å². The smallest absolute Gasteiger partial charge is 0.451 e. The Balaban J connectivity index is 1.26. The number of ether oxygens (including phenoxy) is 1. The minimum Gasteiger partial charge on any atom is -0.494 e. The Labute approximate surface area is 221 Å². The number of carbonyl (C=O) groups is 1. The third-order valence-electron chi connectivity index (χ3n) is 8.09. The van der Waals surface area contributed by atoms with Gasteiger partial charge in [0.05, 0.1) is 24.9 Å². The number of hydrogen-bond donors (Lipinski definition) is 0. The van der Waals surface area contributed by atoms with Crippen LogP contribution in [-0.2, 0) is 24.1 Å². The zero-order chi connectivity index (χ0) is 27.5. The molecule has 2 fully saturated rings. The highest BCUT2D eigenvalue weighted by atomic mass is 19.4. The number of benzene rings is 1. The number of nitrogens with zero attached hydrogens (tertiary/aromatic N) is 7. The molecule has 1 saturated heterocycles. The van der Waals surface area contributed by atoms with Gasteiger partial charge in [0.15, 0.2) is 17.4 Å². The molecule has 0 N–H and O–H groups in total. The summed E-state index contributed by atoms with van der Waals surface area (Å²) in [5.41, 5.74) is 1.02. The zero-order valence-electron chi connectivity index (χ0n) is 21.1. The van der Waals surface area contributed by atoms with E-state index in [2.05, 4.69) is 21.3 Å². The fraction of sp³-hybridized carbons (Fsp3) is 0.500. The summed E-state index contributed by atoms with van der Waals surface area (Å²) in [5, 5.41) is 17.3. The number of nitriles is 1. The molecule has 1 aliphatic carbocycles. The van der Waals surface area contributed by atoms with E-state index in [0.29, 0.717) is 42.1 Å². The van der Waals surface area contributed by atoms with E-state index in [1.165, 1.54) is 19.4 Å². The number of amides is 1. The van der Waals surface area contributed by atoms with Crippen LogP contribution in [-0.4, -0.2) is 57.3 Å². The van der Waals surface area contributed by atoms with Crippen molar-refractivity contribution in [2.75, 3.05) is 31.6 Å². The molecule has 0 spiro atoms. The largest absolute Gasteiger partial charge is 0.494 e. The van der Waals surface area contributed by atoms with E-state index < -0.39 is 17.8 Å². The average molecular weight is 544 g/mol. The number of anilines is 1. The van der Waals surface area contributed by atoms with E-state index in [4.69, 9.17) is 4.74 Å². The maximum Gasteiger partial charge on any atom is 0.451 e. The molecule has 0 radical (unpaired) electrons. The number of hydrogen-bond acceptors (Lipinski definition) is 7. The third kappa shape index (κ3) is 4.31.